The fraction of sp³-hybridized carbons (Fsp3) is 0.682. The van der Waals surface area contributed by atoms with Gasteiger partial charge in [-0.05, 0) is 55.4 Å². The monoisotopic (exact) mass is 344 g/mol. The van der Waals surface area contributed by atoms with Crippen molar-refractivity contribution < 1.29 is 14.3 Å². The van der Waals surface area contributed by atoms with Crippen LogP contribution in [0.1, 0.15) is 59.8 Å². The van der Waals surface area contributed by atoms with E-state index in [1.165, 1.54) is 31.3 Å². The molecule has 0 saturated heterocycles. The van der Waals surface area contributed by atoms with Gasteiger partial charge in [0, 0.05) is 12.5 Å². The molecular formula is C22H32O3. The van der Waals surface area contributed by atoms with Gasteiger partial charge in [0.05, 0.1) is 5.57 Å². The van der Waals surface area contributed by atoms with E-state index in [9.17, 15) is 4.79 Å². The van der Waals surface area contributed by atoms with E-state index in [2.05, 4.69) is 33.4 Å². The summed E-state index contributed by atoms with van der Waals surface area (Å²) in [6, 6.07) is 0. The fourth-order valence-electron chi connectivity index (χ4n) is 5.56. The lowest BCUT2D eigenvalue weighted by Crippen LogP contribution is -2.48. The van der Waals surface area contributed by atoms with Crippen LogP contribution in [0, 0.1) is 22.7 Å². The van der Waals surface area contributed by atoms with Gasteiger partial charge in [0.15, 0.2) is 0 Å². The summed E-state index contributed by atoms with van der Waals surface area (Å²) in [5.41, 5.74) is 2.52. The number of cyclic esters (lactones) is 1. The second kappa shape index (κ2) is 6.75. The zero-order valence-electron chi connectivity index (χ0n) is 16.1. The first kappa shape index (κ1) is 18.4. The Labute approximate surface area is 152 Å². The van der Waals surface area contributed by atoms with Crippen molar-refractivity contribution in [3.63, 3.8) is 0 Å². The third-order valence-corrected chi connectivity index (χ3v) is 6.75. The van der Waals surface area contributed by atoms with Crippen LogP contribution in [0.3, 0.4) is 0 Å². The highest BCUT2D eigenvalue weighted by Gasteiger charge is 2.52. The molecule has 3 heteroatoms. The summed E-state index contributed by atoms with van der Waals surface area (Å²) in [5, 5.41) is 0. The standard InChI is InChI=1S/C22H32O3/c1-6-24-19-14-16(20(23)25-19)9-10-17-15(2)8-11-18-21(3,4)12-7-13-22(17,18)5/h9-10,14,17-19H,2,6-8,11-13H2,1,3-5H3/b10-9+/t17-,18-,19+,22+/m0/s1. The minimum Gasteiger partial charge on any atom is -0.428 e. The first-order valence-corrected chi connectivity index (χ1v) is 9.68. The summed E-state index contributed by atoms with van der Waals surface area (Å²) in [7, 11) is 0. The molecule has 4 atom stereocenters. The van der Waals surface area contributed by atoms with E-state index in [4.69, 9.17) is 9.47 Å². The topological polar surface area (TPSA) is 35.5 Å². The molecule has 2 aliphatic carbocycles. The van der Waals surface area contributed by atoms with Crippen LogP contribution in [-0.4, -0.2) is 18.9 Å². The number of ether oxygens (including phenoxy) is 2. The average Bonchev–Trinajstić information content (AvgIpc) is 2.86. The molecule has 0 bridgehead atoms. The van der Waals surface area contributed by atoms with Gasteiger partial charge >= 0.3 is 5.97 Å². The molecule has 138 valence electrons. The van der Waals surface area contributed by atoms with E-state index >= 15 is 0 Å². The quantitative estimate of drug-likeness (QED) is 0.520. The first-order valence-electron chi connectivity index (χ1n) is 9.68. The Kier molecular flexibility index (Phi) is 4.98. The summed E-state index contributed by atoms with van der Waals surface area (Å²) in [6.45, 7) is 14.1. The van der Waals surface area contributed by atoms with Gasteiger partial charge in [-0.1, -0.05) is 51.5 Å². The Balaban J connectivity index is 1.84. The van der Waals surface area contributed by atoms with Crippen LogP contribution in [0.2, 0.25) is 0 Å². The molecule has 2 fully saturated rings. The zero-order chi connectivity index (χ0) is 18.2. The lowest BCUT2D eigenvalue weighted by molar-refractivity contribution is -0.157. The third kappa shape index (κ3) is 3.36. The SMILES string of the molecule is C=C1CC[C@H]2C(C)(C)CCC[C@]2(C)[C@H]1/C=C/C1=C[C@H](OCC)OC1=O. The number of rotatable bonds is 4. The Bertz CT molecular complexity index is 613. The molecule has 3 rings (SSSR count). The van der Waals surface area contributed by atoms with Gasteiger partial charge in [-0.3, -0.25) is 0 Å². The van der Waals surface area contributed by atoms with E-state index in [1.54, 1.807) is 6.08 Å². The van der Waals surface area contributed by atoms with E-state index in [0.29, 0.717) is 29.4 Å². The van der Waals surface area contributed by atoms with Crippen LogP contribution in [0.5, 0.6) is 0 Å². The Morgan fingerprint density at radius 3 is 2.84 bits per heavy atom. The van der Waals surface area contributed by atoms with Gasteiger partial charge in [-0.25, -0.2) is 4.79 Å². The first-order chi connectivity index (χ1) is 11.8. The molecule has 3 nitrogen and oxygen atoms in total. The second-order valence-electron chi connectivity index (χ2n) is 8.79. The molecule has 0 N–H and O–H groups in total. The minimum absolute atomic E-state index is 0.232. The van der Waals surface area contributed by atoms with Gasteiger partial charge in [0.2, 0.25) is 6.29 Å². The van der Waals surface area contributed by atoms with Gasteiger partial charge in [-0.15, -0.1) is 0 Å². The number of hydrogen-bond donors (Lipinski definition) is 0. The van der Waals surface area contributed by atoms with Crippen LogP contribution in [0.25, 0.3) is 0 Å². The molecule has 0 radical (unpaired) electrons. The zero-order valence-corrected chi connectivity index (χ0v) is 16.1. The molecule has 0 aromatic rings. The van der Waals surface area contributed by atoms with Crippen LogP contribution in [0.15, 0.2) is 36.0 Å². The molecule has 0 unspecified atom stereocenters. The molecule has 0 amide bonds. The van der Waals surface area contributed by atoms with Crippen LogP contribution in [-0.2, 0) is 14.3 Å². The normalized spacial score (nSPS) is 37.8. The molecule has 1 heterocycles. The summed E-state index contributed by atoms with van der Waals surface area (Å²) >= 11 is 0. The Hall–Kier alpha value is -1.35. The number of allylic oxidation sites excluding steroid dienone is 2. The second-order valence-corrected chi connectivity index (χ2v) is 8.79. The summed E-state index contributed by atoms with van der Waals surface area (Å²) in [4.78, 5) is 12.0. The van der Waals surface area contributed by atoms with Crippen molar-refractivity contribution in [1.29, 1.82) is 0 Å². The molecule has 0 aromatic heterocycles. The van der Waals surface area contributed by atoms with Crippen LogP contribution < -0.4 is 0 Å². The number of fused-ring (bicyclic) bond motifs is 1. The molecule has 2 saturated carbocycles. The van der Waals surface area contributed by atoms with Crippen molar-refractivity contribution in [2.45, 2.75) is 66.1 Å². The maximum absolute atomic E-state index is 12.0. The van der Waals surface area contributed by atoms with Crippen molar-refractivity contribution in [3.8, 4) is 0 Å². The summed E-state index contributed by atoms with van der Waals surface area (Å²) in [6.07, 6.45) is 11.5. The Morgan fingerprint density at radius 1 is 1.36 bits per heavy atom. The predicted octanol–water partition coefficient (Wildman–Crippen LogP) is 5.19. The number of carbonyl (C=O) groups is 1. The van der Waals surface area contributed by atoms with Crippen LogP contribution >= 0.6 is 0 Å². The van der Waals surface area contributed by atoms with Crippen molar-refractivity contribution in [1.82, 2.24) is 0 Å². The average molecular weight is 344 g/mol. The molecule has 0 spiro atoms. The highest BCUT2D eigenvalue weighted by atomic mass is 16.7. The largest absolute Gasteiger partial charge is 0.428 e. The highest BCUT2D eigenvalue weighted by molar-refractivity contribution is 5.93. The fourth-order valence-corrected chi connectivity index (χ4v) is 5.56. The van der Waals surface area contributed by atoms with Gasteiger partial charge in [0.1, 0.15) is 0 Å². The molecule has 3 aliphatic rings. The van der Waals surface area contributed by atoms with Gasteiger partial charge in [-0.2, -0.15) is 0 Å². The third-order valence-electron chi connectivity index (χ3n) is 6.75. The predicted molar refractivity (Wildman–Crippen MR) is 99.8 cm³/mol. The van der Waals surface area contributed by atoms with Crippen molar-refractivity contribution >= 4 is 5.97 Å². The van der Waals surface area contributed by atoms with E-state index < -0.39 is 6.29 Å². The van der Waals surface area contributed by atoms with Crippen molar-refractivity contribution in [3.05, 3.63) is 36.0 Å². The van der Waals surface area contributed by atoms with Crippen molar-refractivity contribution in [2.24, 2.45) is 22.7 Å². The van der Waals surface area contributed by atoms with Gasteiger partial charge < -0.3 is 9.47 Å². The number of hydrogen-bond acceptors (Lipinski definition) is 3. The minimum atomic E-state index is -0.538. The van der Waals surface area contributed by atoms with E-state index in [1.807, 2.05) is 13.0 Å². The maximum atomic E-state index is 12.0. The molecule has 1 aliphatic heterocycles. The molecular weight excluding hydrogens is 312 g/mol. The van der Waals surface area contributed by atoms with E-state index in [-0.39, 0.29) is 11.4 Å². The lowest BCUT2D eigenvalue weighted by atomic mass is 9.47. The van der Waals surface area contributed by atoms with Gasteiger partial charge in [0.25, 0.3) is 0 Å². The lowest BCUT2D eigenvalue weighted by Gasteiger charge is -2.57. The van der Waals surface area contributed by atoms with E-state index in [0.717, 1.165) is 6.42 Å². The highest BCUT2D eigenvalue weighted by Crippen LogP contribution is 2.61. The molecule has 25 heavy (non-hydrogen) atoms. The maximum Gasteiger partial charge on any atom is 0.340 e. The number of esters is 1. The number of carbonyl (C=O) groups excluding carboxylic acids is 1. The van der Waals surface area contributed by atoms with Crippen molar-refractivity contribution in [2.75, 3.05) is 6.61 Å². The Morgan fingerprint density at radius 2 is 2.12 bits per heavy atom. The summed E-state index contributed by atoms with van der Waals surface area (Å²) < 4.78 is 10.6. The summed E-state index contributed by atoms with van der Waals surface area (Å²) in [5.74, 6) is 0.738. The molecule has 0 aromatic carbocycles. The smallest absolute Gasteiger partial charge is 0.340 e. The van der Waals surface area contributed by atoms with Crippen LogP contribution in [0.4, 0.5) is 0 Å².